The first-order chi connectivity index (χ1) is 36.0. The van der Waals surface area contributed by atoms with Crippen LogP contribution in [0.2, 0.25) is 0 Å². The third-order valence-corrected chi connectivity index (χ3v) is 13.1. The number of ether oxygens (including phenoxy) is 3. The van der Waals surface area contributed by atoms with Crippen LogP contribution in [-0.4, -0.2) is 37.2 Å². The second-order valence-corrected chi connectivity index (χ2v) is 20.2. The number of carbonyl (C=O) groups is 3. The van der Waals surface area contributed by atoms with Crippen molar-refractivity contribution in [1.82, 2.24) is 0 Å². The number of unbranched alkanes of at least 4 members (excludes halogenated alkanes) is 28. The number of carbonyl (C=O) groups excluding carboxylic acids is 3. The third kappa shape index (κ3) is 59.1. The highest BCUT2D eigenvalue weighted by Crippen LogP contribution is 2.16. The van der Waals surface area contributed by atoms with Crippen molar-refractivity contribution >= 4 is 17.9 Å². The molecule has 0 bridgehead atoms. The molecule has 0 amide bonds. The normalized spacial score (nSPS) is 12.4. The molecule has 6 heteroatoms. The van der Waals surface area contributed by atoms with Gasteiger partial charge in [0.2, 0.25) is 0 Å². The highest BCUT2D eigenvalue weighted by atomic mass is 16.6. The maximum Gasteiger partial charge on any atom is 0.306 e. The molecular weight excluding hydrogens is 901 g/mol. The predicted molar refractivity (Wildman–Crippen MR) is 316 cm³/mol. The number of esters is 3. The maximum absolute atomic E-state index is 12.9. The van der Waals surface area contributed by atoms with Gasteiger partial charge in [-0.1, -0.05) is 272 Å². The summed E-state index contributed by atoms with van der Waals surface area (Å²) >= 11 is 0. The first-order valence-electron chi connectivity index (χ1n) is 30.7. The van der Waals surface area contributed by atoms with E-state index in [1.807, 2.05) is 0 Å². The number of hydrogen-bond donors (Lipinski definition) is 0. The van der Waals surface area contributed by atoms with Crippen LogP contribution < -0.4 is 0 Å². The molecule has 0 aromatic rings. The van der Waals surface area contributed by atoms with Gasteiger partial charge in [0.05, 0.1) is 0 Å². The third-order valence-electron chi connectivity index (χ3n) is 13.1. The van der Waals surface area contributed by atoms with Gasteiger partial charge in [0.15, 0.2) is 6.10 Å². The highest BCUT2D eigenvalue weighted by molar-refractivity contribution is 5.71. The lowest BCUT2D eigenvalue weighted by molar-refractivity contribution is -0.167. The molecular formula is C67H114O6. The predicted octanol–water partition coefficient (Wildman–Crippen LogP) is 20.9. The van der Waals surface area contributed by atoms with Crippen molar-refractivity contribution in [3.05, 3.63) is 97.2 Å². The average molecular weight is 1020 g/mol. The summed E-state index contributed by atoms with van der Waals surface area (Å²) in [7, 11) is 0. The van der Waals surface area contributed by atoms with Gasteiger partial charge >= 0.3 is 17.9 Å². The SMILES string of the molecule is CC/C=C\C/C=C\C/C=C\C/C=C\CCCCCCC(=O)OCC(COC(=O)CCCCCC/C=C\C/C=C\C/C=C\C/C=C\CC)OC(=O)CCCCCCCCCCCCCCCCCCCCCCC. The Kier molecular flexibility index (Phi) is 57.8. The minimum Gasteiger partial charge on any atom is -0.462 e. The van der Waals surface area contributed by atoms with Crippen molar-refractivity contribution in [1.29, 1.82) is 0 Å². The van der Waals surface area contributed by atoms with E-state index in [1.54, 1.807) is 0 Å². The van der Waals surface area contributed by atoms with E-state index in [-0.39, 0.29) is 31.1 Å². The minimum atomic E-state index is -0.799. The molecule has 0 saturated heterocycles. The zero-order valence-corrected chi connectivity index (χ0v) is 47.9. The molecule has 418 valence electrons. The Morgan fingerprint density at radius 2 is 0.534 bits per heavy atom. The van der Waals surface area contributed by atoms with E-state index in [1.165, 1.54) is 116 Å². The van der Waals surface area contributed by atoms with Crippen molar-refractivity contribution in [3.63, 3.8) is 0 Å². The summed E-state index contributed by atoms with van der Waals surface area (Å²) in [5.74, 6) is -0.932. The highest BCUT2D eigenvalue weighted by Gasteiger charge is 2.19. The molecule has 0 rings (SSSR count). The van der Waals surface area contributed by atoms with E-state index in [0.29, 0.717) is 19.3 Å². The molecule has 0 aromatic carbocycles. The number of rotatable bonds is 55. The van der Waals surface area contributed by atoms with Gasteiger partial charge in [-0.25, -0.2) is 0 Å². The summed E-state index contributed by atoms with van der Waals surface area (Å²) in [6.45, 7) is 6.40. The summed E-state index contributed by atoms with van der Waals surface area (Å²) in [6, 6.07) is 0. The van der Waals surface area contributed by atoms with Crippen LogP contribution in [0.1, 0.15) is 290 Å². The monoisotopic (exact) mass is 1010 g/mol. The zero-order valence-electron chi connectivity index (χ0n) is 47.9. The molecule has 6 nitrogen and oxygen atoms in total. The summed E-state index contributed by atoms with van der Waals surface area (Å²) in [5, 5.41) is 0. The van der Waals surface area contributed by atoms with Gasteiger partial charge in [-0.2, -0.15) is 0 Å². The van der Waals surface area contributed by atoms with Crippen LogP contribution in [0.25, 0.3) is 0 Å². The largest absolute Gasteiger partial charge is 0.462 e. The molecule has 0 aliphatic heterocycles. The molecule has 0 fully saturated rings. The Hall–Kier alpha value is -3.67. The van der Waals surface area contributed by atoms with E-state index < -0.39 is 6.10 Å². The van der Waals surface area contributed by atoms with Crippen LogP contribution in [0.3, 0.4) is 0 Å². The average Bonchev–Trinajstić information content (AvgIpc) is 3.39. The Balaban J connectivity index is 4.43. The minimum absolute atomic E-state index is 0.0969. The van der Waals surface area contributed by atoms with Crippen LogP contribution >= 0.6 is 0 Å². The summed E-state index contributed by atoms with van der Waals surface area (Å²) in [5.41, 5.74) is 0. The van der Waals surface area contributed by atoms with Gasteiger partial charge in [0.1, 0.15) is 13.2 Å². The second kappa shape index (κ2) is 60.9. The fraction of sp³-hybridized carbons (Fsp3) is 0.716. The lowest BCUT2D eigenvalue weighted by Crippen LogP contribution is -2.30. The van der Waals surface area contributed by atoms with Crippen LogP contribution in [-0.2, 0) is 28.6 Å². The fourth-order valence-electron chi connectivity index (χ4n) is 8.54. The van der Waals surface area contributed by atoms with Gasteiger partial charge in [0.25, 0.3) is 0 Å². The molecule has 0 saturated carbocycles. The van der Waals surface area contributed by atoms with Gasteiger partial charge in [-0.05, 0) is 96.3 Å². The Morgan fingerprint density at radius 3 is 0.836 bits per heavy atom. The number of hydrogen-bond acceptors (Lipinski definition) is 6. The molecule has 0 N–H and O–H groups in total. The van der Waals surface area contributed by atoms with Crippen molar-refractivity contribution in [2.45, 2.75) is 297 Å². The summed E-state index contributed by atoms with van der Waals surface area (Å²) < 4.78 is 16.9. The molecule has 73 heavy (non-hydrogen) atoms. The van der Waals surface area contributed by atoms with Gasteiger partial charge in [-0.3, -0.25) is 14.4 Å². The molecule has 0 heterocycles. The summed E-state index contributed by atoms with van der Waals surface area (Å²) in [6.07, 6.45) is 81.2. The van der Waals surface area contributed by atoms with Crippen molar-refractivity contribution < 1.29 is 28.6 Å². The maximum atomic E-state index is 12.9. The standard InChI is InChI=1S/C67H114O6/c1-4-7-10-13-16-19-22-25-28-31-32-33-34-37-40-43-46-49-52-55-58-61-67(70)73-64(62-71-65(68)59-56-53-50-47-44-41-38-35-29-26-23-20-17-14-11-8-5-2)63-72-66(69)60-57-54-51-48-45-42-39-36-30-27-24-21-18-15-12-9-6-3/h8-9,11-12,17-18,20-21,26-27,29-30,38-39,41-42,64H,4-7,10,13-16,19,22-25,28,31-37,40,43-63H2,1-3H3/b11-8-,12-9-,20-17-,21-18-,29-26-,30-27-,41-38-,42-39-. The van der Waals surface area contributed by atoms with Gasteiger partial charge in [0, 0.05) is 19.3 Å². The quantitative estimate of drug-likeness (QED) is 0.0261. The molecule has 0 aromatic heterocycles. The molecule has 0 radical (unpaired) electrons. The molecule has 0 aliphatic rings. The molecule has 0 aliphatic carbocycles. The fourth-order valence-corrected chi connectivity index (χ4v) is 8.54. The smallest absolute Gasteiger partial charge is 0.306 e. The lowest BCUT2D eigenvalue weighted by Gasteiger charge is -2.18. The Labute approximate surface area is 451 Å². The van der Waals surface area contributed by atoms with Crippen LogP contribution in [0.5, 0.6) is 0 Å². The zero-order chi connectivity index (χ0) is 52.9. The number of allylic oxidation sites excluding steroid dienone is 16. The van der Waals surface area contributed by atoms with E-state index in [9.17, 15) is 14.4 Å². The first kappa shape index (κ1) is 69.3. The van der Waals surface area contributed by atoms with E-state index in [0.717, 1.165) is 135 Å². The van der Waals surface area contributed by atoms with E-state index in [2.05, 4.69) is 118 Å². The Bertz CT molecular complexity index is 1370. The van der Waals surface area contributed by atoms with E-state index >= 15 is 0 Å². The Morgan fingerprint density at radius 1 is 0.288 bits per heavy atom. The van der Waals surface area contributed by atoms with Crippen molar-refractivity contribution in [2.75, 3.05) is 13.2 Å². The second-order valence-electron chi connectivity index (χ2n) is 20.2. The van der Waals surface area contributed by atoms with Gasteiger partial charge < -0.3 is 14.2 Å². The van der Waals surface area contributed by atoms with Crippen molar-refractivity contribution in [3.8, 4) is 0 Å². The summed E-state index contributed by atoms with van der Waals surface area (Å²) in [4.78, 5) is 38.3. The van der Waals surface area contributed by atoms with Crippen LogP contribution in [0.4, 0.5) is 0 Å². The molecule has 0 atom stereocenters. The van der Waals surface area contributed by atoms with E-state index in [4.69, 9.17) is 14.2 Å². The van der Waals surface area contributed by atoms with Gasteiger partial charge in [-0.15, -0.1) is 0 Å². The van der Waals surface area contributed by atoms with Crippen molar-refractivity contribution in [2.24, 2.45) is 0 Å². The van der Waals surface area contributed by atoms with Crippen LogP contribution in [0.15, 0.2) is 97.2 Å². The lowest BCUT2D eigenvalue weighted by atomic mass is 10.0. The van der Waals surface area contributed by atoms with Crippen LogP contribution in [0, 0.1) is 0 Å². The molecule has 0 spiro atoms. The topological polar surface area (TPSA) is 78.9 Å². The first-order valence-corrected chi connectivity index (χ1v) is 30.7. The molecule has 0 unspecified atom stereocenters.